The van der Waals surface area contributed by atoms with Crippen LogP contribution in [0.1, 0.15) is 6.92 Å². The Morgan fingerprint density at radius 3 is 2.44 bits per heavy atom. The summed E-state index contributed by atoms with van der Waals surface area (Å²) in [6, 6.07) is 19.2. The summed E-state index contributed by atoms with van der Waals surface area (Å²) < 4.78 is 33.4. The van der Waals surface area contributed by atoms with E-state index in [1.54, 1.807) is 49.4 Å². The number of hydrogen-bond acceptors (Lipinski definition) is 4. The number of ether oxygens (including phenoxy) is 1. The van der Waals surface area contributed by atoms with Gasteiger partial charge >= 0.3 is 5.97 Å². The molecule has 0 heterocycles. The van der Waals surface area contributed by atoms with E-state index in [2.05, 4.69) is 15.9 Å². The molecule has 3 aromatic carbocycles. The third kappa shape index (κ3) is 4.31. The van der Waals surface area contributed by atoms with Crippen molar-refractivity contribution in [2.75, 3.05) is 17.5 Å². The molecule has 5 nitrogen and oxygen atoms in total. The fourth-order valence-electron chi connectivity index (χ4n) is 2.73. The first kappa shape index (κ1) is 19.4. The predicted octanol–water partition coefficient (Wildman–Crippen LogP) is 4.36. The Labute approximate surface area is 166 Å². The van der Waals surface area contributed by atoms with Crippen molar-refractivity contribution in [1.82, 2.24) is 0 Å². The van der Waals surface area contributed by atoms with Crippen LogP contribution in [0.4, 0.5) is 5.69 Å². The lowest BCUT2D eigenvalue weighted by molar-refractivity contribution is -0.141. The van der Waals surface area contributed by atoms with Gasteiger partial charge in [0.05, 0.1) is 17.2 Å². The molecule has 0 atom stereocenters. The van der Waals surface area contributed by atoms with Gasteiger partial charge in [0.2, 0.25) is 0 Å². The van der Waals surface area contributed by atoms with E-state index in [0.29, 0.717) is 10.2 Å². The number of hydrogen-bond donors (Lipinski definition) is 0. The summed E-state index contributed by atoms with van der Waals surface area (Å²) in [5.41, 5.74) is 0.380. The van der Waals surface area contributed by atoms with Crippen molar-refractivity contribution in [3.05, 3.63) is 71.2 Å². The molecule has 0 saturated carbocycles. The number of rotatable bonds is 6. The van der Waals surface area contributed by atoms with E-state index in [0.717, 1.165) is 15.1 Å². The van der Waals surface area contributed by atoms with Gasteiger partial charge in [0, 0.05) is 4.47 Å². The molecule has 7 heteroatoms. The second kappa shape index (κ2) is 8.10. The van der Waals surface area contributed by atoms with Crippen molar-refractivity contribution in [2.24, 2.45) is 0 Å². The highest BCUT2D eigenvalue weighted by atomic mass is 79.9. The summed E-state index contributed by atoms with van der Waals surface area (Å²) in [7, 11) is -3.96. The predicted molar refractivity (Wildman–Crippen MR) is 109 cm³/mol. The van der Waals surface area contributed by atoms with E-state index in [9.17, 15) is 13.2 Å². The summed E-state index contributed by atoms with van der Waals surface area (Å²) in [6.45, 7) is 1.46. The zero-order valence-corrected chi connectivity index (χ0v) is 17.0. The molecule has 3 rings (SSSR count). The topological polar surface area (TPSA) is 63.7 Å². The zero-order valence-electron chi connectivity index (χ0n) is 14.6. The van der Waals surface area contributed by atoms with E-state index >= 15 is 0 Å². The third-order valence-corrected chi connectivity index (χ3v) is 6.25. The standard InChI is InChI=1S/C20H18BrNO4S/c1-2-26-20(23)14-22(18-9-5-8-17(21)13-18)27(24,25)19-11-10-15-6-3-4-7-16(15)12-19/h3-13H,2,14H2,1H3. The number of halogens is 1. The molecule has 0 aliphatic rings. The van der Waals surface area contributed by atoms with E-state index < -0.39 is 22.5 Å². The lowest BCUT2D eigenvalue weighted by Gasteiger charge is -2.24. The molecule has 0 amide bonds. The number of anilines is 1. The highest BCUT2D eigenvalue weighted by Gasteiger charge is 2.28. The van der Waals surface area contributed by atoms with Gasteiger partial charge in [-0.1, -0.05) is 52.3 Å². The zero-order chi connectivity index (χ0) is 19.4. The van der Waals surface area contributed by atoms with Gasteiger partial charge in [0.15, 0.2) is 0 Å². The minimum absolute atomic E-state index is 0.116. The van der Waals surface area contributed by atoms with Crippen LogP contribution in [-0.2, 0) is 19.6 Å². The van der Waals surface area contributed by atoms with Gasteiger partial charge in [0.1, 0.15) is 6.54 Å². The molecule has 0 unspecified atom stereocenters. The molecule has 0 saturated heterocycles. The lowest BCUT2D eigenvalue weighted by atomic mass is 10.1. The van der Waals surface area contributed by atoms with Crippen LogP contribution in [0.2, 0.25) is 0 Å². The summed E-state index contributed by atoms with van der Waals surface area (Å²) in [6.07, 6.45) is 0. The highest BCUT2D eigenvalue weighted by molar-refractivity contribution is 9.10. The summed E-state index contributed by atoms with van der Waals surface area (Å²) in [5, 5.41) is 1.75. The number of fused-ring (bicyclic) bond motifs is 1. The summed E-state index contributed by atoms with van der Waals surface area (Å²) in [5.74, 6) is -0.609. The van der Waals surface area contributed by atoms with Crippen LogP contribution in [0.5, 0.6) is 0 Å². The second-order valence-corrected chi connectivity index (χ2v) is 8.58. The Bertz CT molecular complexity index is 1080. The Hall–Kier alpha value is -2.38. The number of sulfonamides is 1. The van der Waals surface area contributed by atoms with Gasteiger partial charge < -0.3 is 4.74 Å². The molecule has 0 fully saturated rings. The van der Waals surface area contributed by atoms with Gasteiger partial charge in [-0.2, -0.15) is 0 Å². The van der Waals surface area contributed by atoms with Crippen molar-refractivity contribution in [3.8, 4) is 0 Å². The highest BCUT2D eigenvalue weighted by Crippen LogP contribution is 2.28. The average molecular weight is 448 g/mol. The van der Waals surface area contributed by atoms with Crippen molar-refractivity contribution in [1.29, 1.82) is 0 Å². The van der Waals surface area contributed by atoms with Crippen LogP contribution in [-0.4, -0.2) is 27.5 Å². The number of benzene rings is 3. The molecule has 3 aromatic rings. The minimum Gasteiger partial charge on any atom is -0.465 e. The molecule has 0 aliphatic heterocycles. The van der Waals surface area contributed by atoms with Crippen LogP contribution in [0.3, 0.4) is 0 Å². The fourth-order valence-corrected chi connectivity index (χ4v) is 4.55. The molecule has 0 radical (unpaired) electrons. The van der Waals surface area contributed by atoms with Crippen molar-refractivity contribution >= 4 is 48.4 Å². The average Bonchev–Trinajstić information content (AvgIpc) is 2.66. The van der Waals surface area contributed by atoms with Gasteiger partial charge in [0.25, 0.3) is 10.0 Å². The largest absolute Gasteiger partial charge is 0.465 e. The van der Waals surface area contributed by atoms with Crippen LogP contribution < -0.4 is 4.31 Å². The lowest BCUT2D eigenvalue weighted by Crippen LogP contribution is -2.36. The maximum atomic E-state index is 13.3. The normalized spacial score (nSPS) is 11.3. The number of carbonyl (C=O) groups excluding carboxylic acids is 1. The fraction of sp³-hybridized carbons (Fsp3) is 0.150. The van der Waals surface area contributed by atoms with E-state index in [4.69, 9.17) is 4.74 Å². The van der Waals surface area contributed by atoms with Crippen LogP contribution >= 0.6 is 15.9 Å². The Morgan fingerprint density at radius 2 is 1.74 bits per heavy atom. The Kier molecular flexibility index (Phi) is 5.82. The van der Waals surface area contributed by atoms with Crippen molar-refractivity contribution in [3.63, 3.8) is 0 Å². The summed E-state index contributed by atoms with van der Waals surface area (Å²) >= 11 is 3.35. The molecule has 0 aliphatic carbocycles. The van der Waals surface area contributed by atoms with Crippen LogP contribution in [0.15, 0.2) is 76.1 Å². The Morgan fingerprint density at radius 1 is 1.00 bits per heavy atom. The first-order valence-electron chi connectivity index (χ1n) is 8.34. The van der Waals surface area contributed by atoms with E-state index in [1.165, 1.54) is 0 Å². The number of nitrogens with zero attached hydrogens (tertiary/aromatic N) is 1. The third-order valence-electron chi connectivity index (χ3n) is 3.98. The number of esters is 1. The van der Waals surface area contributed by atoms with Crippen LogP contribution in [0.25, 0.3) is 10.8 Å². The molecule has 0 bridgehead atoms. The quantitative estimate of drug-likeness (QED) is 0.526. The van der Waals surface area contributed by atoms with Crippen molar-refractivity contribution in [2.45, 2.75) is 11.8 Å². The molecule has 0 N–H and O–H groups in total. The van der Waals surface area contributed by atoms with E-state index in [-0.39, 0.29) is 11.5 Å². The first-order valence-corrected chi connectivity index (χ1v) is 10.6. The van der Waals surface area contributed by atoms with Crippen molar-refractivity contribution < 1.29 is 17.9 Å². The maximum absolute atomic E-state index is 13.3. The minimum atomic E-state index is -3.96. The molecule has 0 spiro atoms. The maximum Gasteiger partial charge on any atom is 0.326 e. The molecular formula is C20H18BrNO4S. The molecule has 27 heavy (non-hydrogen) atoms. The summed E-state index contributed by atoms with van der Waals surface area (Å²) in [4.78, 5) is 12.2. The number of carbonyl (C=O) groups is 1. The SMILES string of the molecule is CCOC(=O)CN(c1cccc(Br)c1)S(=O)(=O)c1ccc2ccccc2c1. The molecule has 0 aromatic heterocycles. The van der Waals surface area contributed by atoms with Gasteiger partial charge in [-0.05, 0) is 48.0 Å². The second-order valence-electron chi connectivity index (χ2n) is 5.81. The molecular weight excluding hydrogens is 430 g/mol. The van der Waals surface area contributed by atoms with Gasteiger partial charge in [-0.3, -0.25) is 9.10 Å². The van der Waals surface area contributed by atoms with E-state index in [1.807, 2.05) is 24.3 Å². The van der Waals surface area contributed by atoms with Gasteiger partial charge in [-0.25, -0.2) is 8.42 Å². The molecule has 140 valence electrons. The van der Waals surface area contributed by atoms with Gasteiger partial charge in [-0.15, -0.1) is 0 Å². The Balaban J connectivity index is 2.08. The van der Waals surface area contributed by atoms with Crippen LogP contribution in [0, 0.1) is 0 Å². The smallest absolute Gasteiger partial charge is 0.326 e. The first-order chi connectivity index (χ1) is 12.9. The monoisotopic (exact) mass is 447 g/mol.